The van der Waals surface area contributed by atoms with Crippen molar-refractivity contribution < 1.29 is 12.8 Å². The number of hydrogen-bond donors (Lipinski definition) is 2. The van der Waals surface area contributed by atoms with Crippen LogP contribution >= 0.6 is 12.2 Å². The van der Waals surface area contributed by atoms with Crippen LogP contribution in [0.3, 0.4) is 0 Å². The second kappa shape index (κ2) is 5.51. The largest absolute Gasteiger partial charge is 0.388 e. The van der Waals surface area contributed by atoms with Gasteiger partial charge in [0.25, 0.3) is 10.0 Å². The lowest BCUT2D eigenvalue weighted by atomic mass is 10.3. The number of para-hydroxylation sites is 1. The lowest BCUT2D eigenvalue weighted by Crippen LogP contribution is -2.16. The Morgan fingerprint density at radius 3 is 2.50 bits per heavy atom. The van der Waals surface area contributed by atoms with Gasteiger partial charge in [-0.1, -0.05) is 24.4 Å². The molecule has 0 saturated carbocycles. The molecule has 8 heteroatoms. The highest BCUT2D eigenvalue weighted by Crippen LogP contribution is 2.18. The zero-order valence-corrected chi connectivity index (χ0v) is 11.7. The molecule has 0 fully saturated rings. The molecule has 1 heterocycles. The molecule has 1 aromatic heterocycles. The molecule has 0 spiro atoms. The van der Waals surface area contributed by atoms with E-state index in [0.29, 0.717) is 5.69 Å². The fourth-order valence-corrected chi connectivity index (χ4v) is 2.56. The second-order valence-corrected chi connectivity index (χ2v) is 5.95. The maximum atomic E-state index is 13.4. The third kappa shape index (κ3) is 3.09. The predicted molar refractivity (Wildman–Crippen MR) is 77.3 cm³/mol. The van der Waals surface area contributed by atoms with Gasteiger partial charge < -0.3 is 5.73 Å². The lowest BCUT2D eigenvalue weighted by molar-refractivity contribution is 0.598. The van der Waals surface area contributed by atoms with Crippen molar-refractivity contribution in [3.63, 3.8) is 0 Å². The number of nitrogens with zero attached hydrogens (tertiary/aromatic N) is 1. The molecule has 0 unspecified atom stereocenters. The summed E-state index contributed by atoms with van der Waals surface area (Å²) in [7, 11) is -3.91. The van der Waals surface area contributed by atoms with Crippen molar-refractivity contribution in [2.24, 2.45) is 5.73 Å². The number of aromatic nitrogens is 1. The number of rotatable bonds is 4. The number of benzene rings is 1. The summed E-state index contributed by atoms with van der Waals surface area (Å²) in [5.41, 5.74) is 5.55. The lowest BCUT2D eigenvalue weighted by Gasteiger charge is -2.08. The Bertz CT molecular complexity index is 746. The van der Waals surface area contributed by atoms with Gasteiger partial charge in [-0.15, -0.1) is 0 Å². The summed E-state index contributed by atoms with van der Waals surface area (Å²) in [6, 6.07) is 8.15. The maximum absolute atomic E-state index is 13.4. The van der Waals surface area contributed by atoms with E-state index in [0.717, 1.165) is 12.3 Å². The van der Waals surface area contributed by atoms with Crippen molar-refractivity contribution in [3.8, 4) is 0 Å². The van der Waals surface area contributed by atoms with Gasteiger partial charge in [0.1, 0.15) is 15.7 Å². The van der Waals surface area contributed by atoms with Crippen molar-refractivity contribution in [1.29, 1.82) is 0 Å². The number of halogens is 1. The van der Waals surface area contributed by atoms with Crippen molar-refractivity contribution >= 4 is 32.9 Å². The number of sulfonamides is 1. The van der Waals surface area contributed by atoms with Crippen LogP contribution in [0.1, 0.15) is 5.69 Å². The van der Waals surface area contributed by atoms with Crippen molar-refractivity contribution in [3.05, 3.63) is 54.1 Å². The fraction of sp³-hybridized carbons (Fsp3) is 0. The highest BCUT2D eigenvalue weighted by Gasteiger charge is 2.16. The van der Waals surface area contributed by atoms with Crippen LogP contribution in [0, 0.1) is 5.82 Å². The third-order valence-electron chi connectivity index (χ3n) is 2.42. The molecule has 0 radical (unpaired) electrons. The van der Waals surface area contributed by atoms with Crippen LogP contribution in [0.15, 0.2) is 47.5 Å². The maximum Gasteiger partial charge on any atom is 0.263 e. The van der Waals surface area contributed by atoms with Gasteiger partial charge in [-0.2, -0.15) is 0 Å². The minimum Gasteiger partial charge on any atom is -0.388 e. The van der Waals surface area contributed by atoms with Crippen LogP contribution in [0.5, 0.6) is 0 Å². The van der Waals surface area contributed by atoms with E-state index in [1.807, 2.05) is 0 Å². The molecule has 5 nitrogen and oxygen atoms in total. The molecule has 0 saturated heterocycles. The first-order chi connectivity index (χ1) is 9.40. The quantitative estimate of drug-likeness (QED) is 0.839. The summed E-state index contributed by atoms with van der Waals surface area (Å²) >= 11 is 4.72. The van der Waals surface area contributed by atoms with E-state index in [4.69, 9.17) is 18.0 Å². The van der Waals surface area contributed by atoms with Crippen LogP contribution in [-0.2, 0) is 10.0 Å². The van der Waals surface area contributed by atoms with Crippen LogP contribution in [0.2, 0.25) is 0 Å². The molecule has 0 aliphatic heterocycles. The van der Waals surface area contributed by atoms with E-state index in [2.05, 4.69) is 9.71 Å². The number of pyridine rings is 1. The Morgan fingerprint density at radius 1 is 1.25 bits per heavy atom. The molecule has 0 amide bonds. The number of nitrogens with two attached hydrogens (primary N) is 1. The minimum atomic E-state index is -3.91. The summed E-state index contributed by atoms with van der Waals surface area (Å²) in [5.74, 6) is -0.663. The van der Waals surface area contributed by atoms with Gasteiger partial charge in [0.2, 0.25) is 0 Å². The van der Waals surface area contributed by atoms with Crippen LogP contribution in [0.25, 0.3) is 0 Å². The van der Waals surface area contributed by atoms with E-state index in [1.54, 1.807) is 0 Å². The number of nitrogens with one attached hydrogen (secondary N) is 1. The van der Waals surface area contributed by atoms with Gasteiger partial charge in [0, 0.05) is 6.20 Å². The van der Waals surface area contributed by atoms with Crippen LogP contribution in [-0.4, -0.2) is 18.4 Å². The summed E-state index contributed by atoms with van der Waals surface area (Å²) in [6.07, 6.45) is 1.11. The van der Waals surface area contributed by atoms with Crippen molar-refractivity contribution in [2.45, 2.75) is 4.90 Å². The second-order valence-electron chi connectivity index (χ2n) is 3.83. The average Bonchev–Trinajstić information content (AvgIpc) is 2.41. The van der Waals surface area contributed by atoms with E-state index < -0.39 is 15.8 Å². The number of thiocarbonyl (C=S) groups is 1. The van der Waals surface area contributed by atoms with Gasteiger partial charge in [0.05, 0.1) is 11.4 Å². The standard InChI is InChI=1S/C12H10FN3O2S2/c13-9-3-1-2-4-10(9)16-20(17,18)8-5-6-11(12(14)19)15-7-8/h1-7,16H,(H2,14,19). The van der Waals surface area contributed by atoms with E-state index in [-0.39, 0.29) is 15.6 Å². The first-order valence-electron chi connectivity index (χ1n) is 5.43. The molecule has 1 aromatic carbocycles. The SMILES string of the molecule is NC(=S)c1ccc(S(=O)(=O)Nc2ccccc2F)cn1. The summed E-state index contributed by atoms with van der Waals surface area (Å²) in [6.45, 7) is 0. The summed E-state index contributed by atoms with van der Waals surface area (Å²) in [5, 5.41) is 0. The highest BCUT2D eigenvalue weighted by atomic mass is 32.2. The van der Waals surface area contributed by atoms with Crippen LogP contribution in [0.4, 0.5) is 10.1 Å². The number of hydrogen-bond acceptors (Lipinski definition) is 4. The number of anilines is 1. The Kier molecular flexibility index (Phi) is 3.96. The minimum absolute atomic E-state index is 0.0658. The highest BCUT2D eigenvalue weighted by molar-refractivity contribution is 7.92. The molecule has 3 N–H and O–H groups in total. The molecule has 2 rings (SSSR count). The average molecular weight is 311 g/mol. The van der Waals surface area contributed by atoms with Gasteiger partial charge in [-0.05, 0) is 24.3 Å². The summed E-state index contributed by atoms with van der Waals surface area (Å²) < 4.78 is 39.7. The molecular formula is C12H10FN3O2S2. The zero-order chi connectivity index (χ0) is 14.8. The van der Waals surface area contributed by atoms with Gasteiger partial charge in [-0.25, -0.2) is 12.8 Å². The topological polar surface area (TPSA) is 85.1 Å². The zero-order valence-electron chi connectivity index (χ0n) is 10.1. The van der Waals surface area contributed by atoms with Crippen molar-refractivity contribution in [2.75, 3.05) is 4.72 Å². The molecule has 2 aromatic rings. The predicted octanol–water partition coefficient (Wildman–Crippen LogP) is 1.66. The molecule has 0 aliphatic rings. The third-order valence-corrected chi connectivity index (χ3v) is 3.98. The molecule has 104 valence electrons. The molecule has 0 aliphatic carbocycles. The Hall–Kier alpha value is -2.06. The Balaban J connectivity index is 2.31. The molecular weight excluding hydrogens is 301 g/mol. The van der Waals surface area contributed by atoms with Crippen molar-refractivity contribution in [1.82, 2.24) is 4.98 Å². The fourth-order valence-electron chi connectivity index (χ4n) is 1.43. The Morgan fingerprint density at radius 2 is 1.95 bits per heavy atom. The van der Waals surface area contributed by atoms with E-state index in [1.165, 1.54) is 30.3 Å². The van der Waals surface area contributed by atoms with Gasteiger partial charge in [0.15, 0.2) is 0 Å². The van der Waals surface area contributed by atoms with E-state index in [9.17, 15) is 12.8 Å². The van der Waals surface area contributed by atoms with E-state index >= 15 is 0 Å². The van der Waals surface area contributed by atoms with Gasteiger partial charge >= 0.3 is 0 Å². The first-order valence-corrected chi connectivity index (χ1v) is 7.32. The smallest absolute Gasteiger partial charge is 0.263 e. The normalized spacial score (nSPS) is 11.1. The Labute approximate surface area is 120 Å². The molecule has 0 atom stereocenters. The van der Waals surface area contributed by atoms with Gasteiger partial charge in [-0.3, -0.25) is 9.71 Å². The van der Waals surface area contributed by atoms with Crippen LogP contribution < -0.4 is 10.5 Å². The first kappa shape index (κ1) is 14.4. The molecule has 0 bridgehead atoms. The summed E-state index contributed by atoms with van der Waals surface area (Å²) in [4.78, 5) is 3.78. The monoisotopic (exact) mass is 311 g/mol. The molecule has 20 heavy (non-hydrogen) atoms.